The van der Waals surface area contributed by atoms with E-state index in [0.29, 0.717) is 7.11 Å². The normalized spacial score (nSPS) is 25.0. The third kappa shape index (κ3) is 3.89. The highest BCUT2D eigenvalue weighted by Gasteiger charge is 2.66. The van der Waals surface area contributed by atoms with Crippen molar-refractivity contribution in [2.45, 2.75) is 10.5 Å². The minimum absolute atomic E-state index is 0.549. The molecule has 2 atom stereocenters. The van der Waals surface area contributed by atoms with E-state index >= 15 is 0 Å². The molecule has 0 heterocycles. The molecule has 152 valence electrons. The van der Waals surface area contributed by atoms with Crippen LogP contribution in [0.1, 0.15) is 0 Å². The number of carbonyl (C=O) groups is 1. The van der Waals surface area contributed by atoms with E-state index < -0.39 is 74.1 Å². The highest BCUT2D eigenvalue weighted by molar-refractivity contribution is 7.89. The van der Waals surface area contributed by atoms with E-state index in [1.54, 1.807) is 0 Å². The summed E-state index contributed by atoms with van der Waals surface area (Å²) in [6, 6.07) is 0. The number of rotatable bonds is 4. The predicted octanol–water partition coefficient (Wildman–Crippen LogP) is -3.10. The van der Waals surface area contributed by atoms with Crippen LogP contribution in [-0.2, 0) is 29.8 Å². The molecule has 0 aromatic heterocycles. The van der Waals surface area contributed by atoms with Gasteiger partial charge in [0, 0.05) is 9.80 Å². The van der Waals surface area contributed by atoms with Gasteiger partial charge in [-0.1, -0.05) is 0 Å². The molecule has 0 spiro atoms. The Labute approximate surface area is 148 Å². The average Bonchev–Trinajstić information content (AvgIpc) is 2.48. The zero-order valence-electron chi connectivity index (χ0n) is 12.7. The van der Waals surface area contributed by atoms with Crippen molar-refractivity contribution in [3.05, 3.63) is 31.8 Å². The number of carbonyl (C=O) groups excluding carboxylic acids is 1. The second-order valence-electron chi connectivity index (χ2n) is 4.65. The predicted molar refractivity (Wildman–Crippen MR) is 77.6 cm³/mol. The quantitative estimate of drug-likeness (QED) is 0.0850. The van der Waals surface area contributed by atoms with Gasteiger partial charge in [0.15, 0.2) is 0 Å². The smallest absolute Gasteiger partial charge is 0.351 e. The standard InChI is InChI=1S/C8H9N3O14S2/c1-25-8(12)2-3(9(13)14)6(26(19,20)21)5(11(17)18)7(27(22,23)24)4(2)10(15)16/h6-7H,1H3,(H,13,14)(H,17,18)(H,19,20,21)(H,22,23,24). The molecule has 1 aliphatic carbocycles. The molecule has 4 N–H and O–H groups in total. The number of hydrogen-bond donors (Lipinski definition) is 4. The molecule has 0 aliphatic heterocycles. The fourth-order valence-corrected chi connectivity index (χ4v) is 4.42. The van der Waals surface area contributed by atoms with Crippen LogP contribution in [0.15, 0.2) is 11.3 Å². The summed E-state index contributed by atoms with van der Waals surface area (Å²) in [7, 11) is -11.2. The number of nitrogens with zero attached hydrogens (tertiary/aromatic N) is 3. The van der Waals surface area contributed by atoms with E-state index in [4.69, 9.17) is 10.4 Å². The summed E-state index contributed by atoms with van der Waals surface area (Å²) in [6.07, 6.45) is 0. The van der Waals surface area contributed by atoms with Crippen molar-refractivity contribution in [1.29, 1.82) is 0 Å². The van der Waals surface area contributed by atoms with Gasteiger partial charge >= 0.3 is 5.97 Å². The van der Waals surface area contributed by atoms with Gasteiger partial charge in [-0.3, -0.25) is 29.6 Å². The molecular weight excluding hydrogens is 426 g/mol. The Bertz CT molecular complexity index is 995. The van der Waals surface area contributed by atoms with Crippen molar-refractivity contribution in [3.63, 3.8) is 0 Å². The molecule has 0 amide bonds. The highest BCUT2D eigenvalue weighted by Crippen LogP contribution is 2.31. The molecule has 0 bridgehead atoms. The van der Waals surface area contributed by atoms with E-state index in [2.05, 4.69) is 4.74 Å². The molecule has 0 saturated heterocycles. The van der Waals surface area contributed by atoms with Crippen LogP contribution in [0.5, 0.6) is 0 Å². The third-order valence-electron chi connectivity index (χ3n) is 3.16. The van der Waals surface area contributed by atoms with Gasteiger partial charge in [0.1, 0.15) is 0 Å². The Morgan fingerprint density at radius 2 is 1.44 bits per heavy atom. The summed E-state index contributed by atoms with van der Waals surface area (Å²) in [4.78, 5) is 18.3. The lowest BCUT2D eigenvalue weighted by molar-refractivity contribution is -0.730. The monoisotopic (exact) mass is 435 g/mol. The van der Waals surface area contributed by atoms with E-state index in [-0.39, 0.29) is 0 Å². The number of nitro groups is 1. The van der Waals surface area contributed by atoms with Crippen LogP contribution in [0.25, 0.3) is 0 Å². The van der Waals surface area contributed by atoms with Crippen LogP contribution in [-0.4, -0.2) is 86.1 Å². The molecule has 0 fully saturated rings. The summed E-state index contributed by atoms with van der Waals surface area (Å²) in [5.74, 6) is -1.96. The van der Waals surface area contributed by atoms with Crippen molar-refractivity contribution in [3.8, 4) is 0 Å². The van der Waals surface area contributed by atoms with E-state index in [1.807, 2.05) is 0 Å². The molecule has 0 aromatic carbocycles. The van der Waals surface area contributed by atoms with Gasteiger partial charge in [-0.05, 0) is 0 Å². The largest absolute Gasteiger partial charge is 0.465 e. The maximum atomic E-state index is 11.8. The van der Waals surface area contributed by atoms with Crippen molar-refractivity contribution in [1.82, 2.24) is 0 Å². The van der Waals surface area contributed by atoms with Crippen LogP contribution >= 0.6 is 0 Å². The van der Waals surface area contributed by atoms with Crippen molar-refractivity contribution >= 4 is 37.6 Å². The molecular formula is C8H9N3O14S2. The van der Waals surface area contributed by atoms with E-state index in [0.717, 1.165) is 0 Å². The zero-order chi connectivity index (χ0) is 21.5. The van der Waals surface area contributed by atoms with Gasteiger partial charge in [-0.15, -0.1) is 0 Å². The third-order valence-corrected chi connectivity index (χ3v) is 5.28. The summed E-state index contributed by atoms with van der Waals surface area (Å²) in [5, 5.41) is 45.4. The van der Waals surface area contributed by atoms with Gasteiger partial charge < -0.3 is 15.2 Å². The van der Waals surface area contributed by atoms with Crippen LogP contribution < -0.4 is 0 Å². The summed E-state index contributed by atoms with van der Waals surface area (Å²) in [5.41, 5.74) is -7.86. The van der Waals surface area contributed by atoms with Gasteiger partial charge in [0.2, 0.25) is 5.57 Å². The number of methoxy groups -OCH3 is 1. The fourth-order valence-electron chi connectivity index (χ4n) is 2.29. The number of hydrogen-bond acceptors (Lipinski definition) is 12. The molecule has 1 rings (SSSR count). The first-order valence-corrected chi connectivity index (χ1v) is 9.03. The average molecular weight is 435 g/mol. The van der Waals surface area contributed by atoms with Crippen LogP contribution in [0.3, 0.4) is 0 Å². The van der Waals surface area contributed by atoms with Gasteiger partial charge in [0.05, 0.1) is 12.0 Å². The Morgan fingerprint density at radius 3 is 1.70 bits per heavy atom. The van der Waals surface area contributed by atoms with Crippen LogP contribution in [0.2, 0.25) is 0 Å². The van der Waals surface area contributed by atoms with Crippen LogP contribution in [0, 0.1) is 20.5 Å². The molecule has 1 aliphatic rings. The molecule has 27 heavy (non-hydrogen) atoms. The topological polar surface area (TPSA) is 271 Å². The summed E-state index contributed by atoms with van der Waals surface area (Å²) < 4.78 is 68.7. The van der Waals surface area contributed by atoms with Gasteiger partial charge in [-0.25, -0.2) is 4.79 Å². The molecule has 2 unspecified atom stereocenters. The minimum Gasteiger partial charge on any atom is -0.465 e. The first kappa shape index (κ1) is 22.0. The molecule has 0 saturated carbocycles. The van der Waals surface area contributed by atoms with Crippen molar-refractivity contribution in [2.24, 2.45) is 0 Å². The second-order valence-corrected chi connectivity index (χ2v) is 7.66. The Hall–Kier alpha value is -3.03. The maximum absolute atomic E-state index is 11.8. The zero-order valence-corrected chi connectivity index (χ0v) is 14.3. The summed E-state index contributed by atoms with van der Waals surface area (Å²) in [6.45, 7) is 0. The lowest BCUT2D eigenvalue weighted by atomic mass is 9.91. The maximum Gasteiger partial charge on any atom is 0.351 e. The summed E-state index contributed by atoms with van der Waals surface area (Å²) >= 11 is 0. The van der Waals surface area contributed by atoms with Crippen molar-refractivity contribution < 1.29 is 60.6 Å². The van der Waals surface area contributed by atoms with Crippen molar-refractivity contribution in [2.75, 3.05) is 7.11 Å². The second kappa shape index (κ2) is 6.94. The molecule has 17 nitrogen and oxygen atoms in total. The molecule has 19 heteroatoms. The lowest BCUT2D eigenvalue weighted by Crippen LogP contribution is -2.58. The molecule has 0 radical (unpaired) electrons. The Kier molecular flexibility index (Phi) is 5.66. The van der Waals surface area contributed by atoms with Gasteiger partial charge in [0.25, 0.3) is 47.9 Å². The highest BCUT2D eigenvalue weighted by atomic mass is 32.2. The van der Waals surface area contributed by atoms with Gasteiger partial charge in [-0.2, -0.15) is 16.8 Å². The van der Waals surface area contributed by atoms with E-state index in [1.165, 1.54) is 0 Å². The number of esters is 1. The lowest BCUT2D eigenvalue weighted by Gasteiger charge is -2.22. The molecule has 0 aromatic rings. The minimum atomic E-state index is -5.87. The number of ether oxygens (including phenoxy) is 1. The fraction of sp³-hybridized carbons (Fsp3) is 0.375. The first-order chi connectivity index (χ1) is 12.1. The van der Waals surface area contributed by atoms with Crippen LogP contribution in [0.4, 0.5) is 0 Å². The SMILES string of the molecule is COC(=O)C1=C([N+](=O)[O-])C(S(=O)(=O)O)/C(=[N+](\[O-])O)C(S(=O)(=O)O)/C1=[N+](\[O-])O. The van der Waals surface area contributed by atoms with E-state index in [9.17, 15) is 51.3 Å². The Morgan fingerprint density at radius 1 is 1.00 bits per heavy atom. The first-order valence-electron chi connectivity index (χ1n) is 6.03. The Balaban J connectivity index is 4.44.